The second-order valence-electron chi connectivity index (χ2n) is 0.894. The monoisotopic (exact) mass is 156 g/mol. The van der Waals surface area contributed by atoms with Crippen LogP contribution in [0.25, 0.3) is 0 Å². The van der Waals surface area contributed by atoms with Crippen molar-refractivity contribution in [2.75, 3.05) is 7.11 Å². The van der Waals surface area contributed by atoms with E-state index in [9.17, 15) is 0 Å². The minimum atomic E-state index is -0.583. The predicted molar refractivity (Wildman–Crippen MR) is 41.7 cm³/mol. The van der Waals surface area contributed by atoms with Crippen molar-refractivity contribution in [2.24, 2.45) is 0 Å². The standard InChI is InChI=1S/C2H8OSi.CH6OSi.H2O/c1-3-4-2;1-3-2;/h4H2,1-2H3;2H,3H2,1H3;1H2. The van der Waals surface area contributed by atoms with Crippen LogP contribution in [0, 0.1) is 0 Å². The van der Waals surface area contributed by atoms with Crippen molar-refractivity contribution in [3.05, 3.63) is 0 Å². The van der Waals surface area contributed by atoms with E-state index in [0.29, 0.717) is 0 Å². The van der Waals surface area contributed by atoms with Crippen LogP contribution in [0.15, 0.2) is 0 Å². The highest BCUT2D eigenvalue weighted by Crippen LogP contribution is 1.47. The van der Waals surface area contributed by atoms with Crippen LogP contribution in [0.1, 0.15) is 0 Å². The Labute approximate surface area is 55.3 Å². The molecule has 0 aromatic heterocycles. The molecule has 0 rings (SSSR count). The van der Waals surface area contributed by atoms with Crippen LogP contribution in [0.2, 0.25) is 13.1 Å². The lowest BCUT2D eigenvalue weighted by atomic mass is 11.8. The Morgan fingerprint density at radius 1 is 1.38 bits per heavy atom. The first-order valence-electron chi connectivity index (χ1n) is 2.43. The summed E-state index contributed by atoms with van der Waals surface area (Å²) in [5.74, 6) is 0. The van der Waals surface area contributed by atoms with Crippen molar-refractivity contribution in [1.29, 1.82) is 0 Å². The highest BCUT2D eigenvalue weighted by atomic mass is 28.2. The third-order valence-corrected chi connectivity index (χ3v) is 0.866. The van der Waals surface area contributed by atoms with E-state index in [1.807, 2.05) is 6.55 Å². The molecule has 0 spiro atoms. The fourth-order valence-corrected chi connectivity index (χ4v) is 0. The Kier molecular flexibility index (Phi) is 52.3. The van der Waals surface area contributed by atoms with E-state index in [-0.39, 0.29) is 15.2 Å². The van der Waals surface area contributed by atoms with Crippen molar-refractivity contribution >= 4 is 19.5 Å². The zero-order valence-corrected chi connectivity index (χ0v) is 8.60. The highest BCUT2D eigenvalue weighted by Gasteiger charge is 1.55. The molecule has 5 heteroatoms. The third kappa shape index (κ3) is 103. The highest BCUT2D eigenvalue weighted by molar-refractivity contribution is 6.24. The Morgan fingerprint density at radius 2 is 1.50 bits per heavy atom. The predicted octanol–water partition coefficient (Wildman–Crippen LogP) is -1.95. The zero-order valence-electron chi connectivity index (χ0n) is 5.77. The average Bonchev–Trinajstić information content (AvgIpc) is 1.69. The summed E-state index contributed by atoms with van der Waals surface area (Å²) < 4.78 is 4.68. The fraction of sp³-hybridized carbons (Fsp3) is 1.00. The van der Waals surface area contributed by atoms with E-state index < -0.39 is 9.76 Å². The van der Waals surface area contributed by atoms with E-state index in [1.165, 1.54) is 0 Å². The van der Waals surface area contributed by atoms with Gasteiger partial charge in [-0.1, -0.05) is 13.1 Å². The van der Waals surface area contributed by atoms with Crippen LogP contribution >= 0.6 is 0 Å². The molecule has 0 fully saturated rings. The van der Waals surface area contributed by atoms with Gasteiger partial charge in [0.25, 0.3) is 0 Å². The summed E-state index contributed by atoms with van der Waals surface area (Å²) in [5.41, 5.74) is 0. The molecule has 0 aromatic rings. The molecule has 0 aliphatic rings. The van der Waals surface area contributed by atoms with Crippen molar-refractivity contribution in [1.82, 2.24) is 0 Å². The Morgan fingerprint density at radius 3 is 1.50 bits per heavy atom. The Hall–Kier alpha value is 0.314. The summed E-state index contributed by atoms with van der Waals surface area (Å²) in [5, 5.41) is 0. The van der Waals surface area contributed by atoms with Crippen LogP contribution in [0.5, 0.6) is 0 Å². The molecule has 54 valence electrons. The first-order chi connectivity index (χ1) is 3.33. The van der Waals surface area contributed by atoms with Crippen molar-refractivity contribution < 1.29 is 14.7 Å². The van der Waals surface area contributed by atoms with Gasteiger partial charge in [-0.3, -0.25) is 0 Å². The topological polar surface area (TPSA) is 61.0 Å². The molecule has 0 aliphatic carbocycles. The van der Waals surface area contributed by atoms with Crippen LogP contribution in [0.4, 0.5) is 0 Å². The molecular weight excluding hydrogens is 140 g/mol. The minimum Gasteiger partial charge on any atom is -0.438 e. The molecule has 0 heterocycles. The van der Waals surface area contributed by atoms with Gasteiger partial charge in [-0.15, -0.1) is 0 Å². The summed E-state index contributed by atoms with van der Waals surface area (Å²) in [6.07, 6.45) is 0. The molecular formula is C3H16O3Si2. The molecule has 0 aliphatic heterocycles. The number of rotatable bonds is 1. The molecule has 0 bridgehead atoms. The second-order valence-corrected chi connectivity index (χ2v) is 2.68. The lowest BCUT2D eigenvalue weighted by Gasteiger charge is -1.75. The van der Waals surface area contributed by atoms with Crippen LogP contribution in [0.3, 0.4) is 0 Å². The fourth-order valence-electron chi connectivity index (χ4n) is 0. The number of hydrogen-bond acceptors (Lipinski definition) is 2. The molecule has 3 nitrogen and oxygen atoms in total. The lowest BCUT2D eigenvalue weighted by molar-refractivity contribution is 0.446. The van der Waals surface area contributed by atoms with Crippen LogP contribution < -0.4 is 0 Å². The Bertz CT molecular complexity index is 20.0. The molecule has 0 aromatic carbocycles. The molecule has 0 saturated heterocycles. The molecule has 0 radical (unpaired) electrons. The normalized spacial score (nSPS) is 9.00. The van der Waals surface area contributed by atoms with Gasteiger partial charge in [0.05, 0.1) is 0 Å². The van der Waals surface area contributed by atoms with E-state index in [1.54, 1.807) is 7.11 Å². The van der Waals surface area contributed by atoms with Gasteiger partial charge in [0.1, 0.15) is 0 Å². The maximum Gasteiger partial charge on any atom is 0.157 e. The van der Waals surface area contributed by atoms with Crippen LogP contribution in [-0.2, 0) is 4.43 Å². The summed E-state index contributed by atoms with van der Waals surface area (Å²) in [7, 11) is 1.08. The van der Waals surface area contributed by atoms with Gasteiger partial charge in [-0.2, -0.15) is 0 Å². The van der Waals surface area contributed by atoms with Crippen LogP contribution in [-0.4, -0.2) is 36.9 Å². The summed E-state index contributed by atoms with van der Waals surface area (Å²) in [6, 6.07) is 0. The Balaban J connectivity index is -0.0000000575. The first kappa shape index (κ1) is 15.7. The van der Waals surface area contributed by atoms with Gasteiger partial charge < -0.3 is 14.7 Å². The largest absolute Gasteiger partial charge is 0.438 e. The van der Waals surface area contributed by atoms with E-state index in [0.717, 1.165) is 0 Å². The van der Waals surface area contributed by atoms with Gasteiger partial charge >= 0.3 is 0 Å². The molecule has 0 amide bonds. The first-order valence-corrected chi connectivity index (χ1v) is 6.47. The van der Waals surface area contributed by atoms with Gasteiger partial charge in [-0.05, 0) is 0 Å². The SMILES string of the molecule is CO[SiH2]C.C[SiH2]O.O. The lowest BCUT2D eigenvalue weighted by Crippen LogP contribution is -1.79. The van der Waals surface area contributed by atoms with Crippen molar-refractivity contribution in [3.63, 3.8) is 0 Å². The van der Waals surface area contributed by atoms with Crippen molar-refractivity contribution in [2.45, 2.75) is 13.1 Å². The van der Waals surface area contributed by atoms with Gasteiger partial charge in [-0.25, -0.2) is 0 Å². The molecule has 0 atom stereocenters. The van der Waals surface area contributed by atoms with E-state index in [4.69, 9.17) is 4.80 Å². The maximum atomic E-state index is 7.71. The molecule has 3 N–H and O–H groups in total. The smallest absolute Gasteiger partial charge is 0.157 e. The quantitative estimate of drug-likeness (QED) is 0.449. The van der Waals surface area contributed by atoms with Crippen molar-refractivity contribution in [3.8, 4) is 0 Å². The second kappa shape index (κ2) is 26.6. The minimum absolute atomic E-state index is 0. The summed E-state index contributed by atoms with van der Waals surface area (Å²) >= 11 is 0. The van der Waals surface area contributed by atoms with E-state index >= 15 is 0 Å². The molecule has 0 unspecified atom stereocenters. The summed E-state index contributed by atoms with van der Waals surface area (Å²) in [6.45, 7) is 3.92. The maximum absolute atomic E-state index is 7.71. The third-order valence-electron chi connectivity index (χ3n) is 0.289. The van der Waals surface area contributed by atoms with Gasteiger partial charge in [0.2, 0.25) is 0 Å². The van der Waals surface area contributed by atoms with Gasteiger partial charge in [0.15, 0.2) is 19.5 Å². The zero-order chi connectivity index (χ0) is 6.12. The molecule has 8 heavy (non-hydrogen) atoms. The molecule has 0 saturated carbocycles. The van der Waals surface area contributed by atoms with E-state index in [2.05, 4.69) is 11.0 Å². The number of hydrogen-bond donors (Lipinski definition) is 1. The average molecular weight is 156 g/mol. The van der Waals surface area contributed by atoms with Gasteiger partial charge in [0, 0.05) is 7.11 Å². The summed E-state index contributed by atoms with van der Waals surface area (Å²) in [4.78, 5) is 7.71.